The SMILES string of the molecule is CC(C)=CCNc1ncnc2c1ncn2[C@H](CCO)[C@H](O)CO. The molecule has 0 saturated heterocycles. The Labute approximate surface area is 134 Å². The Morgan fingerprint density at radius 2 is 2.09 bits per heavy atom. The fourth-order valence-electron chi connectivity index (χ4n) is 2.35. The average Bonchev–Trinajstić information content (AvgIpc) is 2.96. The van der Waals surface area contributed by atoms with Crippen LogP contribution in [0.5, 0.6) is 0 Å². The Bertz CT molecular complexity index is 666. The number of fused-ring (bicyclic) bond motifs is 1. The second-order valence-corrected chi connectivity index (χ2v) is 5.54. The molecular formula is C15H23N5O3. The van der Waals surface area contributed by atoms with Crippen molar-refractivity contribution < 1.29 is 15.3 Å². The lowest BCUT2D eigenvalue weighted by atomic mass is 10.1. The highest BCUT2D eigenvalue weighted by molar-refractivity contribution is 5.82. The first-order chi connectivity index (χ1) is 11.1. The van der Waals surface area contributed by atoms with Crippen molar-refractivity contribution in [3.8, 4) is 0 Å². The molecule has 0 aliphatic rings. The van der Waals surface area contributed by atoms with Gasteiger partial charge in [0.2, 0.25) is 0 Å². The number of nitrogens with one attached hydrogen (secondary N) is 1. The van der Waals surface area contributed by atoms with Gasteiger partial charge in [-0.05, 0) is 20.3 Å². The van der Waals surface area contributed by atoms with Crippen molar-refractivity contribution in [2.75, 3.05) is 25.1 Å². The first-order valence-corrected chi connectivity index (χ1v) is 7.53. The van der Waals surface area contributed by atoms with E-state index in [-0.39, 0.29) is 13.0 Å². The van der Waals surface area contributed by atoms with E-state index in [2.05, 4.69) is 20.3 Å². The van der Waals surface area contributed by atoms with Gasteiger partial charge in [-0.2, -0.15) is 0 Å². The Kier molecular flexibility index (Phi) is 6.03. The summed E-state index contributed by atoms with van der Waals surface area (Å²) < 4.78 is 1.67. The number of aliphatic hydroxyl groups excluding tert-OH is 3. The Morgan fingerprint density at radius 1 is 1.30 bits per heavy atom. The van der Waals surface area contributed by atoms with E-state index >= 15 is 0 Å². The highest BCUT2D eigenvalue weighted by Gasteiger charge is 2.23. The van der Waals surface area contributed by atoms with E-state index in [0.29, 0.717) is 23.5 Å². The molecule has 2 aromatic rings. The topological polar surface area (TPSA) is 116 Å². The van der Waals surface area contributed by atoms with Crippen molar-refractivity contribution in [1.29, 1.82) is 0 Å². The third kappa shape index (κ3) is 4.04. The maximum atomic E-state index is 9.98. The zero-order valence-electron chi connectivity index (χ0n) is 13.3. The molecule has 0 aromatic carbocycles. The molecule has 23 heavy (non-hydrogen) atoms. The molecule has 0 unspecified atom stereocenters. The predicted molar refractivity (Wildman–Crippen MR) is 87.1 cm³/mol. The zero-order chi connectivity index (χ0) is 16.8. The summed E-state index contributed by atoms with van der Waals surface area (Å²) in [6.45, 7) is 4.14. The number of anilines is 1. The second-order valence-electron chi connectivity index (χ2n) is 5.54. The van der Waals surface area contributed by atoms with Crippen LogP contribution in [0.1, 0.15) is 26.3 Å². The van der Waals surface area contributed by atoms with E-state index in [4.69, 9.17) is 0 Å². The number of hydrogen-bond donors (Lipinski definition) is 4. The Balaban J connectivity index is 2.34. The molecule has 2 aromatic heterocycles. The van der Waals surface area contributed by atoms with Crippen LogP contribution >= 0.6 is 0 Å². The van der Waals surface area contributed by atoms with Crippen LogP contribution in [0.3, 0.4) is 0 Å². The third-order valence-corrected chi connectivity index (χ3v) is 3.55. The minimum absolute atomic E-state index is 0.113. The van der Waals surface area contributed by atoms with Gasteiger partial charge in [-0.1, -0.05) is 11.6 Å². The molecule has 0 saturated carbocycles. The van der Waals surface area contributed by atoms with E-state index in [1.54, 1.807) is 10.9 Å². The van der Waals surface area contributed by atoms with Crippen molar-refractivity contribution in [3.05, 3.63) is 24.3 Å². The zero-order valence-corrected chi connectivity index (χ0v) is 13.3. The van der Waals surface area contributed by atoms with Gasteiger partial charge in [0.1, 0.15) is 11.8 Å². The van der Waals surface area contributed by atoms with E-state index in [0.717, 1.165) is 0 Å². The van der Waals surface area contributed by atoms with E-state index < -0.39 is 18.8 Å². The fraction of sp³-hybridized carbons (Fsp3) is 0.533. The number of imidazole rings is 1. The van der Waals surface area contributed by atoms with Crippen LogP contribution in [0.25, 0.3) is 11.2 Å². The largest absolute Gasteiger partial charge is 0.396 e. The van der Waals surface area contributed by atoms with Crippen LogP contribution in [0.4, 0.5) is 5.82 Å². The number of allylic oxidation sites excluding steroid dienone is 1. The lowest BCUT2D eigenvalue weighted by Crippen LogP contribution is -2.28. The van der Waals surface area contributed by atoms with Gasteiger partial charge in [0.15, 0.2) is 11.5 Å². The van der Waals surface area contributed by atoms with E-state index in [1.165, 1.54) is 11.9 Å². The summed E-state index contributed by atoms with van der Waals surface area (Å²) in [6.07, 6.45) is 4.29. The summed E-state index contributed by atoms with van der Waals surface area (Å²) >= 11 is 0. The van der Waals surface area contributed by atoms with Crippen molar-refractivity contribution >= 4 is 17.0 Å². The summed E-state index contributed by atoms with van der Waals surface area (Å²) in [7, 11) is 0. The van der Waals surface area contributed by atoms with Gasteiger partial charge in [-0.15, -0.1) is 0 Å². The molecule has 4 N–H and O–H groups in total. The maximum Gasteiger partial charge on any atom is 0.165 e. The molecule has 0 spiro atoms. The second kappa shape index (κ2) is 8.00. The monoisotopic (exact) mass is 321 g/mol. The normalized spacial score (nSPS) is 13.8. The van der Waals surface area contributed by atoms with Crippen molar-refractivity contribution in [2.24, 2.45) is 0 Å². The van der Waals surface area contributed by atoms with Crippen molar-refractivity contribution in [2.45, 2.75) is 32.4 Å². The summed E-state index contributed by atoms with van der Waals surface area (Å²) in [5.41, 5.74) is 2.33. The van der Waals surface area contributed by atoms with Gasteiger partial charge in [0, 0.05) is 13.2 Å². The van der Waals surface area contributed by atoms with Gasteiger partial charge in [-0.3, -0.25) is 0 Å². The van der Waals surface area contributed by atoms with Gasteiger partial charge < -0.3 is 25.2 Å². The highest BCUT2D eigenvalue weighted by atomic mass is 16.3. The molecule has 8 nitrogen and oxygen atoms in total. The molecule has 2 rings (SSSR count). The van der Waals surface area contributed by atoms with E-state index in [1.807, 2.05) is 19.9 Å². The average molecular weight is 321 g/mol. The minimum atomic E-state index is -1.00. The summed E-state index contributed by atoms with van der Waals surface area (Å²) in [6, 6.07) is -0.504. The fourth-order valence-corrected chi connectivity index (χ4v) is 2.35. The molecule has 126 valence electrons. The van der Waals surface area contributed by atoms with Crippen LogP contribution in [-0.2, 0) is 0 Å². The lowest BCUT2D eigenvalue weighted by Gasteiger charge is -2.22. The number of aliphatic hydroxyl groups is 3. The van der Waals surface area contributed by atoms with Crippen LogP contribution < -0.4 is 5.32 Å². The molecule has 2 heterocycles. The number of rotatable bonds is 8. The smallest absolute Gasteiger partial charge is 0.165 e. The van der Waals surface area contributed by atoms with Crippen molar-refractivity contribution in [1.82, 2.24) is 19.5 Å². The minimum Gasteiger partial charge on any atom is -0.396 e. The lowest BCUT2D eigenvalue weighted by molar-refractivity contribution is 0.0428. The van der Waals surface area contributed by atoms with Gasteiger partial charge in [0.05, 0.1) is 25.1 Å². The summed E-state index contributed by atoms with van der Waals surface area (Å²) in [5.74, 6) is 0.604. The standard InChI is InChI=1S/C15H23N5O3/c1-10(2)3-5-16-14-13-15(18-8-17-14)20(9-19-13)11(4-6-21)12(23)7-22/h3,8-9,11-12,21-23H,4-7H2,1-2H3,(H,16,17,18)/t11-,12-/m1/s1. The van der Waals surface area contributed by atoms with Crippen LogP contribution in [0, 0.1) is 0 Å². The number of hydrogen-bond acceptors (Lipinski definition) is 7. The molecule has 8 heteroatoms. The summed E-state index contributed by atoms with van der Waals surface area (Å²) in [5, 5.41) is 31.6. The third-order valence-electron chi connectivity index (χ3n) is 3.55. The van der Waals surface area contributed by atoms with Gasteiger partial charge in [0.25, 0.3) is 0 Å². The first-order valence-electron chi connectivity index (χ1n) is 7.53. The van der Waals surface area contributed by atoms with Crippen LogP contribution in [0.2, 0.25) is 0 Å². The first kappa shape index (κ1) is 17.3. The predicted octanol–water partition coefficient (Wildman–Crippen LogP) is 0.481. The van der Waals surface area contributed by atoms with E-state index in [9.17, 15) is 15.3 Å². The van der Waals surface area contributed by atoms with Crippen LogP contribution in [-0.4, -0.2) is 60.7 Å². The number of nitrogens with zero attached hydrogens (tertiary/aromatic N) is 4. The van der Waals surface area contributed by atoms with Gasteiger partial charge >= 0.3 is 0 Å². The van der Waals surface area contributed by atoms with Crippen molar-refractivity contribution in [3.63, 3.8) is 0 Å². The molecular weight excluding hydrogens is 298 g/mol. The quantitative estimate of drug-likeness (QED) is 0.523. The Hall–Kier alpha value is -2.03. The Morgan fingerprint density at radius 3 is 2.74 bits per heavy atom. The molecule has 0 bridgehead atoms. The summed E-state index contributed by atoms with van der Waals surface area (Å²) in [4.78, 5) is 12.7. The molecule has 0 aliphatic heterocycles. The van der Waals surface area contributed by atoms with Crippen LogP contribution in [0.15, 0.2) is 24.3 Å². The molecule has 0 amide bonds. The number of aromatic nitrogens is 4. The maximum absolute atomic E-state index is 9.98. The molecule has 0 fully saturated rings. The highest BCUT2D eigenvalue weighted by Crippen LogP contribution is 2.24. The molecule has 2 atom stereocenters. The molecule has 0 radical (unpaired) electrons. The molecule has 0 aliphatic carbocycles. The van der Waals surface area contributed by atoms with Gasteiger partial charge in [-0.25, -0.2) is 15.0 Å².